The van der Waals surface area contributed by atoms with Gasteiger partial charge in [-0.15, -0.1) is 0 Å². The Morgan fingerprint density at radius 3 is 2.50 bits per heavy atom. The molecule has 2 heterocycles. The first-order chi connectivity index (χ1) is 17.4. The highest BCUT2D eigenvalue weighted by atomic mass is 35.5. The van der Waals surface area contributed by atoms with Crippen molar-refractivity contribution in [3.63, 3.8) is 0 Å². The number of halogens is 1. The number of carbonyl (C=O) groups excluding carboxylic acids is 2. The fourth-order valence-electron chi connectivity index (χ4n) is 4.01. The first-order valence-corrected chi connectivity index (χ1v) is 12.6. The second kappa shape index (κ2) is 11.6. The normalized spacial score (nSPS) is 16.8. The number of ether oxygens (including phenoxy) is 2. The van der Waals surface area contributed by atoms with Gasteiger partial charge < -0.3 is 25.0 Å². The van der Waals surface area contributed by atoms with Crippen molar-refractivity contribution in [2.75, 3.05) is 32.7 Å². The third kappa shape index (κ3) is 5.75. The summed E-state index contributed by atoms with van der Waals surface area (Å²) >= 11 is 7.60. The molecule has 1 atom stereocenters. The van der Waals surface area contributed by atoms with Gasteiger partial charge in [-0.25, -0.2) is 4.99 Å². The molecule has 2 aliphatic rings. The largest absolute Gasteiger partial charge is 0.497 e. The number of fused-ring (bicyclic) bond motifs is 1. The van der Waals surface area contributed by atoms with Gasteiger partial charge in [-0.1, -0.05) is 35.5 Å². The average Bonchev–Trinajstić information content (AvgIpc) is 3.26. The molecule has 188 valence electrons. The summed E-state index contributed by atoms with van der Waals surface area (Å²) in [4.78, 5) is 32.9. The number of carbonyl (C=O) groups is 2. The number of nitrogens with one attached hydrogen (secondary N) is 2. The molecule has 0 fully saturated rings. The molecule has 0 saturated carbocycles. The van der Waals surface area contributed by atoms with Gasteiger partial charge in [-0.2, -0.15) is 0 Å². The van der Waals surface area contributed by atoms with Crippen molar-refractivity contribution in [1.29, 1.82) is 0 Å². The molecule has 0 bridgehead atoms. The molecule has 0 aliphatic carbocycles. The average molecular weight is 527 g/mol. The van der Waals surface area contributed by atoms with E-state index >= 15 is 0 Å². The third-order valence-electron chi connectivity index (χ3n) is 5.75. The maximum atomic E-state index is 13.6. The Labute approximate surface area is 219 Å². The van der Waals surface area contributed by atoms with E-state index in [0.29, 0.717) is 46.0 Å². The standard InChI is InChI=1S/C26H27ClN4O4S/c1-16-23(25(33)30-19-8-10-21(35-3)11-9-19)24(17-4-6-18(27)7-5-17)31-20(15-36-26(31)29-16)14-22(32)28-12-13-34-2/h4-11,15,24H,12-14H2,1-3H3,(H,28,32)(H,30,33). The molecule has 0 spiro atoms. The lowest BCUT2D eigenvalue weighted by molar-refractivity contribution is -0.120. The zero-order valence-corrected chi connectivity index (χ0v) is 21.8. The number of hydrogen-bond acceptors (Lipinski definition) is 7. The number of amides is 2. The van der Waals surface area contributed by atoms with Gasteiger partial charge in [0.1, 0.15) is 5.75 Å². The fourth-order valence-corrected chi connectivity index (χ4v) is 5.10. The van der Waals surface area contributed by atoms with E-state index < -0.39 is 6.04 Å². The minimum Gasteiger partial charge on any atom is -0.497 e. The second-order valence-electron chi connectivity index (χ2n) is 8.15. The number of allylic oxidation sites excluding steroid dienone is 1. The molecular formula is C26H27ClN4O4S. The van der Waals surface area contributed by atoms with Crippen LogP contribution >= 0.6 is 23.4 Å². The number of aliphatic imine (C=N–C) groups is 1. The van der Waals surface area contributed by atoms with Gasteiger partial charge in [0.05, 0.1) is 37.4 Å². The molecule has 2 N–H and O–H groups in total. The number of benzene rings is 2. The van der Waals surface area contributed by atoms with Crippen LogP contribution in [-0.2, 0) is 14.3 Å². The van der Waals surface area contributed by atoms with Gasteiger partial charge in [-0.05, 0) is 54.3 Å². The van der Waals surface area contributed by atoms with E-state index in [2.05, 4.69) is 10.6 Å². The first kappa shape index (κ1) is 25.8. The maximum absolute atomic E-state index is 13.6. The summed E-state index contributed by atoms with van der Waals surface area (Å²) in [6.45, 7) is 2.68. The highest BCUT2D eigenvalue weighted by Crippen LogP contribution is 2.45. The summed E-state index contributed by atoms with van der Waals surface area (Å²) in [5.41, 5.74) is 3.36. The van der Waals surface area contributed by atoms with Gasteiger partial charge in [0.2, 0.25) is 5.91 Å². The Morgan fingerprint density at radius 1 is 1.11 bits per heavy atom. The number of amidine groups is 1. The lowest BCUT2D eigenvalue weighted by Crippen LogP contribution is -2.39. The molecule has 1 unspecified atom stereocenters. The van der Waals surface area contributed by atoms with Crippen molar-refractivity contribution in [2.45, 2.75) is 19.4 Å². The summed E-state index contributed by atoms with van der Waals surface area (Å²) in [5, 5.41) is 9.06. The van der Waals surface area contributed by atoms with Crippen LogP contribution in [0.15, 0.2) is 75.9 Å². The summed E-state index contributed by atoms with van der Waals surface area (Å²) in [5.74, 6) is 0.286. The van der Waals surface area contributed by atoms with E-state index in [0.717, 1.165) is 11.3 Å². The Kier molecular flexibility index (Phi) is 8.35. The van der Waals surface area contributed by atoms with Gasteiger partial charge in [0.15, 0.2) is 5.17 Å². The van der Waals surface area contributed by atoms with Crippen LogP contribution < -0.4 is 15.4 Å². The molecule has 0 saturated heterocycles. The Bertz CT molecular complexity index is 1230. The number of thioether (sulfide) groups is 1. The fraction of sp³-hybridized carbons (Fsp3) is 0.269. The molecule has 4 rings (SSSR count). The molecule has 2 amide bonds. The lowest BCUT2D eigenvalue weighted by atomic mass is 9.93. The minimum absolute atomic E-state index is 0.134. The topological polar surface area (TPSA) is 92.3 Å². The monoisotopic (exact) mass is 526 g/mol. The van der Waals surface area contributed by atoms with Crippen molar-refractivity contribution in [1.82, 2.24) is 10.2 Å². The number of hydrogen-bond donors (Lipinski definition) is 2. The zero-order chi connectivity index (χ0) is 25.7. The van der Waals surface area contributed by atoms with Gasteiger partial charge >= 0.3 is 0 Å². The third-order valence-corrected chi connectivity index (χ3v) is 6.89. The van der Waals surface area contributed by atoms with Crippen molar-refractivity contribution >= 4 is 46.0 Å². The lowest BCUT2D eigenvalue weighted by Gasteiger charge is -2.36. The van der Waals surface area contributed by atoms with Crippen molar-refractivity contribution in [3.8, 4) is 5.75 Å². The molecular weight excluding hydrogens is 500 g/mol. The summed E-state index contributed by atoms with van der Waals surface area (Å²) in [6, 6.07) is 14.0. The predicted molar refractivity (Wildman–Crippen MR) is 143 cm³/mol. The molecule has 2 aromatic carbocycles. The summed E-state index contributed by atoms with van der Waals surface area (Å²) < 4.78 is 10.2. The van der Waals surface area contributed by atoms with E-state index in [9.17, 15) is 9.59 Å². The molecule has 2 aliphatic heterocycles. The van der Waals surface area contributed by atoms with E-state index in [1.165, 1.54) is 11.8 Å². The number of methoxy groups -OCH3 is 2. The highest BCUT2D eigenvalue weighted by Gasteiger charge is 2.40. The van der Waals surface area contributed by atoms with Crippen molar-refractivity contribution < 1.29 is 19.1 Å². The second-order valence-corrected chi connectivity index (χ2v) is 9.42. The van der Waals surface area contributed by atoms with Crippen LogP contribution in [0.4, 0.5) is 5.69 Å². The number of anilines is 1. The Balaban J connectivity index is 1.66. The van der Waals surface area contributed by atoms with E-state index in [-0.39, 0.29) is 18.2 Å². The van der Waals surface area contributed by atoms with Crippen molar-refractivity contribution in [2.24, 2.45) is 4.99 Å². The van der Waals surface area contributed by atoms with Gasteiger partial charge in [0, 0.05) is 30.1 Å². The molecule has 8 nitrogen and oxygen atoms in total. The molecule has 2 aromatic rings. The van der Waals surface area contributed by atoms with Crippen LogP contribution in [-0.4, -0.2) is 49.3 Å². The van der Waals surface area contributed by atoms with Gasteiger partial charge in [0.25, 0.3) is 5.91 Å². The minimum atomic E-state index is -0.485. The Hall–Kier alpha value is -3.27. The SMILES string of the molecule is COCCNC(=O)CC1=CSC2=NC(C)=C(C(=O)Nc3ccc(OC)cc3)C(c3ccc(Cl)cc3)N12. The van der Waals surface area contributed by atoms with Crippen LogP contribution in [0.25, 0.3) is 0 Å². The number of rotatable bonds is 9. The maximum Gasteiger partial charge on any atom is 0.255 e. The van der Waals surface area contributed by atoms with Crippen LogP contribution in [0.3, 0.4) is 0 Å². The molecule has 36 heavy (non-hydrogen) atoms. The van der Waals surface area contributed by atoms with Crippen LogP contribution in [0.2, 0.25) is 5.02 Å². The van der Waals surface area contributed by atoms with Crippen LogP contribution in [0.5, 0.6) is 5.75 Å². The van der Waals surface area contributed by atoms with Crippen LogP contribution in [0, 0.1) is 0 Å². The van der Waals surface area contributed by atoms with Crippen LogP contribution in [0.1, 0.15) is 24.9 Å². The van der Waals surface area contributed by atoms with Crippen molar-refractivity contribution in [3.05, 3.63) is 81.5 Å². The highest BCUT2D eigenvalue weighted by molar-refractivity contribution is 8.16. The smallest absolute Gasteiger partial charge is 0.255 e. The first-order valence-electron chi connectivity index (χ1n) is 11.3. The quantitative estimate of drug-likeness (QED) is 0.460. The summed E-state index contributed by atoms with van der Waals surface area (Å²) in [7, 11) is 3.18. The number of nitrogens with zero attached hydrogens (tertiary/aromatic N) is 2. The van der Waals surface area contributed by atoms with E-state index in [1.54, 1.807) is 50.6 Å². The predicted octanol–water partition coefficient (Wildman–Crippen LogP) is 4.71. The van der Waals surface area contributed by atoms with Gasteiger partial charge in [-0.3, -0.25) is 9.59 Å². The molecule has 10 heteroatoms. The van der Waals surface area contributed by atoms with E-state index in [1.807, 2.05) is 29.4 Å². The zero-order valence-electron chi connectivity index (χ0n) is 20.2. The Morgan fingerprint density at radius 2 is 1.83 bits per heavy atom. The molecule has 0 aromatic heterocycles. The molecule has 0 radical (unpaired) electrons. The summed E-state index contributed by atoms with van der Waals surface area (Å²) in [6.07, 6.45) is 0.145. The van der Waals surface area contributed by atoms with E-state index in [4.69, 9.17) is 26.1 Å².